The lowest BCUT2D eigenvalue weighted by atomic mass is 9.94. The normalized spacial score (nSPS) is 12.2. The minimum absolute atomic E-state index is 0.0102. The van der Waals surface area contributed by atoms with Crippen molar-refractivity contribution >= 4 is 11.9 Å². The van der Waals surface area contributed by atoms with Crippen LogP contribution in [0.2, 0.25) is 0 Å². The zero-order valence-corrected chi connectivity index (χ0v) is 13.1. The molecule has 1 aromatic carbocycles. The van der Waals surface area contributed by atoms with E-state index in [1.807, 2.05) is 31.2 Å². The van der Waals surface area contributed by atoms with Gasteiger partial charge in [-0.1, -0.05) is 43.7 Å². The molecule has 0 saturated heterocycles. The second kappa shape index (κ2) is 8.45. The van der Waals surface area contributed by atoms with Gasteiger partial charge in [0.15, 0.2) is 0 Å². The van der Waals surface area contributed by atoms with Crippen molar-refractivity contribution in [1.82, 2.24) is 5.32 Å². The van der Waals surface area contributed by atoms with E-state index in [9.17, 15) is 9.59 Å². The fraction of sp³-hybridized carbons (Fsp3) is 0.529. The number of hydrogen-bond acceptors (Lipinski definition) is 2. The highest BCUT2D eigenvalue weighted by molar-refractivity contribution is 5.78. The van der Waals surface area contributed by atoms with Crippen molar-refractivity contribution in [2.24, 2.45) is 11.8 Å². The molecule has 1 aromatic rings. The molecule has 1 atom stereocenters. The van der Waals surface area contributed by atoms with Crippen LogP contribution in [0.5, 0.6) is 0 Å². The summed E-state index contributed by atoms with van der Waals surface area (Å²) in [6, 6.07) is 7.84. The molecular formula is C17H25NO3. The lowest BCUT2D eigenvalue weighted by molar-refractivity contribution is -0.138. The molecular weight excluding hydrogens is 266 g/mol. The summed E-state index contributed by atoms with van der Waals surface area (Å²) < 4.78 is 0. The van der Waals surface area contributed by atoms with Crippen molar-refractivity contribution < 1.29 is 14.7 Å². The Bertz CT molecular complexity index is 483. The number of carboxylic acids is 1. The zero-order chi connectivity index (χ0) is 15.8. The predicted molar refractivity (Wildman–Crippen MR) is 83.1 cm³/mol. The Morgan fingerprint density at radius 2 is 2.00 bits per heavy atom. The van der Waals surface area contributed by atoms with Crippen LogP contribution in [0.3, 0.4) is 0 Å². The number of nitrogens with one attached hydrogen (secondary N) is 1. The van der Waals surface area contributed by atoms with Crippen LogP contribution in [0.15, 0.2) is 24.3 Å². The number of rotatable bonds is 8. The van der Waals surface area contributed by atoms with Crippen LogP contribution in [-0.2, 0) is 16.0 Å². The summed E-state index contributed by atoms with van der Waals surface area (Å²) in [7, 11) is 0. The lowest BCUT2D eigenvalue weighted by Crippen LogP contribution is -2.32. The number of hydrogen-bond donors (Lipinski definition) is 2. The fourth-order valence-electron chi connectivity index (χ4n) is 2.48. The van der Waals surface area contributed by atoms with E-state index in [1.54, 1.807) is 0 Å². The smallest absolute Gasteiger partial charge is 0.303 e. The average molecular weight is 291 g/mol. The summed E-state index contributed by atoms with van der Waals surface area (Å²) in [5.41, 5.74) is 2.11. The molecule has 0 spiro atoms. The number of benzene rings is 1. The van der Waals surface area contributed by atoms with Crippen molar-refractivity contribution in [2.75, 3.05) is 6.54 Å². The van der Waals surface area contributed by atoms with Gasteiger partial charge in [0.1, 0.15) is 0 Å². The number of aliphatic carboxylic acids is 1. The molecule has 1 amide bonds. The average Bonchev–Trinajstić information content (AvgIpc) is 2.34. The monoisotopic (exact) mass is 291 g/mol. The van der Waals surface area contributed by atoms with Crippen LogP contribution in [0.4, 0.5) is 0 Å². The van der Waals surface area contributed by atoms with Crippen molar-refractivity contribution in [3.05, 3.63) is 35.4 Å². The summed E-state index contributed by atoms with van der Waals surface area (Å²) in [6.07, 6.45) is 1.24. The van der Waals surface area contributed by atoms with Gasteiger partial charge in [-0.25, -0.2) is 0 Å². The molecule has 4 nitrogen and oxygen atoms in total. The first kappa shape index (κ1) is 17.2. The summed E-state index contributed by atoms with van der Waals surface area (Å²) in [4.78, 5) is 22.8. The van der Waals surface area contributed by atoms with E-state index in [0.29, 0.717) is 18.9 Å². The van der Waals surface area contributed by atoms with Crippen LogP contribution in [-0.4, -0.2) is 23.5 Å². The maximum Gasteiger partial charge on any atom is 0.303 e. The number of carbonyl (C=O) groups is 2. The van der Waals surface area contributed by atoms with Crippen LogP contribution >= 0.6 is 0 Å². The Morgan fingerprint density at radius 3 is 2.57 bits per heavy atom. The third-order valence-electron chi connectivity index (χ3n) is 3.30. The minimum Gasteiger partial charge on any atom is -0.481 e. The molecule has 0 aromatic heterocycles. The Morgan fingerprint density at radius 1 is 1.29 bits per heavy atom. The maximum absolute atomic E-state index is 11.9. The largest absolute Gasteiger partial charge is 0.481 e. The molecule has 0 aliphatic rings. The highest BCUT2D eigenvalue weighted by atomic mass is 16.4. The topological polar surface area (TPSA) is 66.4 Å². The Kier molecular flexibility index (Phi) is 6.92. The Hall–Kier alpha value is -1.84. The molecule has 1 unspecified atom stereocenters. The van der Waals surface area contributed by atoms with Gasteiger partial charge >= 0.3 is 5.97 Å². The molecule has 0 aliphatic carbocycles. The highest BCUT2D eigenvalue weighted by Crippen LogP contribution is 2.15. The van der Waals surface area contributed by atoms with Gasteiger partial charge in [0.2, 0.25) is 5.91 Å². The molecule has 0 aliphatic heterocycles. The molecule has 2 N–H and O–H groups in total. The Balaban J connectivity index is 2.47. The van der Waals surface area contributed by atoms with Gasteiger partial charge < -0.3 is 10.4 Å². The highest BCUT2D eigenvalue weighted by Gasteiger charge is 2.16. The molecule has 4 heteroatoms. The molecule has 116 valence electrons. The number of amides is 1. The van der Waals surface area contributed by atoms with Crippen LogP contribution in [0.25, 0.3) is 0 Å². The third-order valence-corrected chi connectivity index (χ3v) is 3.30. The maximum atomic E-state index is 11.9. The molecule has 0 saturated carbocycles. The van der Waals surface area contributed by atoms with Crippen molar-refractivity contribution in [1.29, 1.82) is 0 Å². The van der Waals surface area contributed by atoms with E-state index in [1.165, 1.54) is 0 Å². The first-order valence-electron chi connectivity index (χ1n) is 7.41. The van der Waals surface area contributed by atoms with Gasteiger partial charge in [0.05, 0.1) is 6.42 Å². The van der Waals surface area contributed by atoms with Crippen LogP contribution in [0, 0.1) is 18.8 Å². The predicted octanol–water partition coefficient (Wildman–Crippen LogP) is 2.79. The first-order valence-corrected chi connectivity index (χ1v) is 7.41. The van der Waals surface area contributed by atoms with Gasteiger partial charge in [-0.3, -0.25) is 9.59 Å². The molecule has 0 heterocycles. The second-order valence-electron chi connectivity index (χ2n) is 6.06. The van der Waals surface area contributed by atoms with Gasteiger partial charge in [0.25, 0.3) is 0 Å². The van der Waals surface area contributed by atoms with Crippen molar-refractivity contribution in [3.8, 4) is 0 Å². The lowest BCUT2D eigenvalue weighted by Gasteiger charge is -2.17. The summed E-state index contributed by atoms with van der Waals surface area (Å²) in [5, 5.41) is 11.8. The van der Waals surface area contributed by atoms with E-state index >= 15 is 0 Å². The van der Waals surface area contributed by atoms with Gasteiger partial charge in [-0.15, -0.1) is 0 Å². The van der Waals surface area contributed by atoms with E-state index in [4.69, 9.17) is 5.11 Å². The summed E-state index contributed by atoms with van der Waals surface area (Å²) >= 11 is 0. The van der Waals surface area contributed by atoms with E-state index < -0.39 is 5.97 Å². The van der Waals surface area contributed by atoms with Crippen molar-refractivity contribution in [3.63, 3.8) is 0 Å². The summed E-state index contributed by atoms with van der Waals surface area (Å²) in [6.45, 7) is 6.54. The number of carboxylic acid groups (broad SMARTS) is 1. The molecule has 0 bridgehead atoms. The fourth-order valence-corrected chi connectivity index (χ4v) is 2.48. The SMILES string of the molecule is Cc1cccc(CC(=O)NCC(CC(=O)O)CC(C)C)c1. The Labute approximate surface area is 126 Å². The minimum atomic E-state index is -0.811. The van der Waals surface area contributed by atoms with Crippen molar-refractivity contribution in [2.45, 2.75) is 40.0 Å². The standard InChI is InChI=1S/C17H25NO3/c1-12(2)7-15(10-17(20)21)11-18-16(19)9-14-6-4-5-13(3)8-14/h4-6,8,12,15H,7,9-11H2,1-3H3,(H,18,19)(H,20,21). The van der Waals surface area contributed by atoms with Gasteiger partial charge in [0, 0.05) is 13.0 Å². The van der Waals surface area contributed by atoms with Crippen LogP contribution < -0.4 is 5.32 Å². The van der Waals surface area contributed by atoms with E-state index in [2.05, 4.69) is 19.2 Å². The van der Waals surface area contributed by atoms with Gasteiger partial charge in [-0.2, -0.15) is 0 Å². The van der Waals surface area contributed by atoms with Crippen LogP contribution in [0.1, 0.15) is 37.8 Å². The number of aryl methyl sites for hydroxylation is 1. The zero-order valence-electron chi connectivity index (χ0n) is 13.1. The first-order chi connectivity index (χ1) is 9.86. The summed E-state index contributed by atoms with van der Waals surface area (Å²) in [5.74, 6) is -0.458. The molecule has 21 heavy (non-hydrogen) atoms. The molecule has 0 radical (unpaired) electrons. The number of carbonyl (C=O) groups excluding carboxylic acids is 1. The van der Waals surface area contributed by atoms with Gasteiger partial charge in [-0.05, 0) is 30.7 Å². The molecule has 0 fully saturated rings. The quantitative estimate of drug-likeness (QED) is 0.774. The third kappa shape index (κ3) is 7.49. The second-order valence-corrected chi connectivity index (χ2v) is 6.06. The molecule has 1 rings (SSSR count). The van der Waals surface area contributed by atoms with E-state index in [0.717, 1.165) is 17.5 Å². The van der Waals surface area contributed by atoms with E-state index in [-0.39, 0.29) is 18.2 Å².